The van der Waals surface area contributed by atoms with Crippen LogP contribution in [0.5, 0.6) is 0 Å². The van der Waals surface area contributed by atoms with Gasteiger partial charge in [0.15, 0.2) is 0 Å². The summed E-state index contributed by atoms with van der Waals surface area (Å²) < 4.78 is 0. The second-order valence-electron chi connectivity index (χ2n) is 5.72. The summed E-state index contributed by atoms with van der Waals surface area (Å²) in [5, 5.41) is 9.32. The molecule has 0 unspecified atom stereocenters. The van der Waals surface area contributed by atoms with E-state index in [4.69, 9.17) is 23.2 Å². The molecule has 0 saturated heterocycles. The monoisotopic (exact) mass is 399 g/mol. The highest BCUT2D eigenvalue weighted by Crippen LogP contribution is 2.25. The highest BCUT2D eigenvalue weighted by atomic mass is 35.5. The average Bonchev–Trinajstić information content (AvgIpc) is 2.65. The van der Waals surface area contributed by atoms with Gasteiger partial charge in [-0.1, -0.05) is 65.7 Å². The maximum atomic E-state index is 11.9. The Hall–Kier alpha value is -2.89. The standard InChI is InChI=1S/C20H15Cl2N3O2/c21-17-9-8-15(10-18(17)22)24-19(26)11-20(27)25-23-12-14-6-3-5-13-4-1-2-7-16(13)14/h1-10,12H,11H2,(H,24,26)(H,25,27)/b23-12-. The van der Waals surface area contributed by atoms with Crippen LogP contribution in [0.2, 0.25) is 10.0 Å². The first-order chi connectivity index (χ1) is 13.0. The normalized spacial score (nSPS) is 10.9. The molecule has 0 heterocycles. The molecule has 136 valence electrons. The number of hydrogen-bond donors (Lipinski definition) is 2. The quantitative estimate of drug-likeness (QED) is 0.373. The number of nitrogens with one attached hydrogen (secondary N) is 2. The molecule has 0 spiro atoms. The van der Waals surface area contributed by atoms with E-state index in [0.717, 1.165) is 16.3 Å². The lowest BCUT2D eigenvalue weighted by Gasteiger charge is -2.06. The summed E-state index contributed by atoms with van der Waals surface area (Å²) in [6.45, 7) is 0. The van der Waals surface area contributed by atoms with E-state index in [1.807, 2.05) is 42.5 Å². The van der Waals surface area contributed by atoms with Gasteiger partial charge in [0.25, 0.3) is 0 Å². The number of rotatable bonds is 5. The Labute approximate surface area is 166 Å². The minimum absolute atomic E-state index is 0.318. The van der Waals surface area contributed by atoms with Gasteiger partial charge < -0.3 is 5.32 Å². The first-order valence-corrected chi connectivity index (χ1v) is 8.83. The van der Waals surface area contributed by atoms with E-state index in [2.05, 4.69) is 15.8 Å². The fraction of sp³-hybridized carbons (Fsp3) is 0.0500. The maximum absolute atomic E-state index is 11.9. The molecule has 0 radical (unpaired) electrons. The number of benzene rings is 3. The predicted molar refractivity (Wildman–Crippen MR) is 109 cm³/mol. The Morgan fingerprint density at radius 3 is 2.52 bits per heavy atom. The van der Waals surface area contributed by atoms with Crippen molar-refractivity contribution in [3.05, 3.63) is 76.3 Å². The van der Waals surface area contributed by atoms with Crippen molar-refractivity contribution >= 4 is 57.7 Å². The summed E-state index contributed by atoms with van der Waals surface area (Å²) in [4.78, 5) is 23.8. The summed E-state index contributed by atoms with van der Waals surface area (Å²) in [5.74, 6) is -1.00. The molecule has 0 aliphatic heterocycles. The van der Waals surface area contributed by atoms with Gasteiger partial charge in [-0.25, -0.2) is 5.43 Å². The smallest absolute Gasteiger partial charge is 0.249 e. The van der Waals surface area contributed by atoms with Crippen LogP contribution in [0.15, 0.2) is 65.8 Å². The van der Waals surface area contributed by atoms with Crippen molar-refractivity contribution in [2.24, 2.45) is 5.10 Å². The minimum Gasteiger partial charge on any atom is -0.326 e. The molecular formula is C20H15Cl2N3O2. The zero-order valence-electron chi connectivity index (χ0n) is 14.1. The van der Waals surface area contributed by atoms with Crippen LogP contribution in [0.3, 0.4) is 0 Å². The van der Waals surface area contributed by atoms with Crippen LogP contribution in [-0.4, -0.2) is 18.0 Å². The Kier molecular flexibility index (Phi) is 6.06. The molecule has 0 aromatic heterocycles. The zero-order valence-corrected chi connectivity index (χ0v) is 15.6. The average molecular weight is 400 g/mol. The van der Waals surface area contributed by atoms with Crippen molar-refractivity contribution in [3.63, 3.8) is 0 Å². The summed E-state index contributed by atoms with van der Waals surface area (Å²) in [5.41, 5.74) is 3.68. The van der Waals surface area contributed by atoms with Crippen molar-refractivity contribution in [3.8, 4) is 0 Å². The highest BCUT2D eigenvalue weighted by Gasteiger charge is 2.10. The Morgan fingerprint density at radius 1 is 0.926 bits per heavy atom. The molecule has 3 rings (SSSR count). The molecule has 5 nitrogen and oxygen atoms in total. The summed E-state index contributed by atoms with van der Waals surface area (Å²) in [7, 11) is 0. The first kappa shape index (κ1) is 18.9. The number of halogens is 2. The summed E-state index contributed by atoms with van der Waals surface area (Å²) >= 11 is 11.7. The third-order valence-electron chi connectivity index (χ3n) is 3.74. The molecule has 3 aromatic carbocycles. The van der Waals surface area contributed by atoms with Crippen LogP contribution in [0.4, 0.5) is 5.69 Å². The van der Waals surface area contributed by atoms with Gasteiger partial charge in [-0.3, -0.25) is 9.59 Å². The topological polar surface area (TPSA) is 70.6 Å². The van der Waals surface area contributed by atoms with Crippen molar-refractivity contribution in [1.29, 1.82) is 0 Å². The third kappa shape index (κ3) is 5.06. The van der Waals surface area contributed by atoms with Gasteiger partial charge >= 0.3 is 0 Å². The lowest BCUT2D eigenvalue weighted by Crippen LogP contribution is -2.24. The molecule has 0 fully saturated rings. The summed E-state index contributed by atoms with van der Waals surface area (Å²) in [6, 6.07) is 18.4. The van der Waals surface area contributed by atoms with Gasteiger partial charge in [0.05, 0.1) is 16.3 Å². The number of hydrazone groups is 1. The number of fused-ring (bicyclic) bond motifs is 1. The van der Waals surface area contributed by atoms with Gasteiger partial charge in [-0.05, 0) is 29.0 Å². The molecule has 0 saturated carbocycles. The molecule has 27 heavy (non-hydrogen) atoms. The molecule has 0 aliphatic rings. The second kappa shape index (κ2) is 8.66. The SMILES string of the molecule is O=C(CC(=O)Nc1ccc(Cl)c(Cl)c1)N/N=C\c1cccc2ccccc12. The van der Waals surface area contributed by atoms with Crippen molar-refractivity contribution < 1.29 is 9.59 Å². The number of nitrogens with zero attached hydrogens (tertiary/aromatic N) is 1. The molecule has 3 aromatic rings. The van der Waals surface area contributed by atoms with E-state index in [9.17, 15) is 9.59 Å². The number of anilines is 1. The highest BCUT2D eigenvalue weighted by molar-refractivity contribution is 6.42. The molecule has 2 N–H and O–H groups in total. The van der Waals surface area contributed by atoms with Gasteiger partial charge in [0, 0.05) is 11.3 Å². The van der Waals surface area contributed by atoms with Gasteiger partial charge in [0.1, 0.15) is 6.42 Å². The second-order valence-corrected chi connectivity index (χ2v) is 6.53. The van der Waals surface area contributed by atoms with E-state index in [0.29, 0.717) is 15.7 Å². The van der Waals surface area contributed by atoms with Crippen LogP contribution in [0, 0.1) is 0 Å². The van der Waals surface area contributed by atoms with E-state index in [1.165, 1.54) is 6.07 Å². The maximum Gasteiger partial charge on any atom is 0.249 e. The number of carbonyl (C=O) groups is 2. The third-order valence-corrected chi connectivity index (χ3v) is 4.48. The van der Waals surface area contributed by atoms with Gasteiger partial charge in [0.2, 0.25) is 11.8 Å². The molecular weight excluding hydrogens is 385 g/mol. The molecule has 0 aliphatic carbocycles. The van der Waals surface area contributed by atoms with Crippen molar-refractivity contribution in [2.45, 2.75) is 6.42 Å². The fourth-order valence-corrected chi connectivity index (χ4v) is 2.80. The van der Waals surface area contributed by atoms with Crippen LogP contribution < -0.4 is 10.7 Å². The van der Waals surface area contributed by atoms with E-state index in [-0.39, 0.29) is 6.42 Å². The Balaban J connectivity index is 1.56. The van der Waals surface area contributed by atoms with Crippen LogP contribution in [-0.2, 0) is 9.59 Å². The number of carbonyl (C=O) groups excluding carboxylic acids is 2. The molecule has 2 amide bonds. The largest absolute Gasteiger partial charge is 0.326 e. The summed E-state index contributed by atoms with van der Waals surface area (Å²) in [6.07, 6.45) is 1.18. The lowest BCUT2D eigenvalue weighted by atomic mass is 10.1. The lowest BCUT2D eigenvalue weighted by molar-refractivity contribution is -0.126. The predicted octanol–water partition coefficient (Wildman–Crippen LogP) is 4.63. The van der Waals surface area contributed by atoms with E-state index in [1.54, 1.807) is 18.3 Å². The first-order valence-electron chi connectivity index (χ1n) is 8.07. The van der Waals surface area contributed by atoms with Crippen LogP contribution in [0.25, 0.3) is 10.8 Å². The number of hydrogen-bond acceptors (Lipinski definition) is 3. The molecule has 7 heteroatoms. The van der Waals surface area contributed by atoms with Crippen LogP contribution >= 0.6 is 23.2 Å². The molecule has 0 bridgehead atoms. The van der Waals surface area contributed by atoms with Crippen LogP contribution in [0.1, 0.15) is 12.0 Å². The zero-order chi connectivity index (χ0) is 19.2. The minimum atomic E-state index is -0.524. The van der Waals surface area contributed by atoms with E-state index < -0.39 is 11.8 Å². The fourth-order valence-electron chi connectivity index (χ4n) is 2.50. The van der Waals surface area contributed by atoms with E-state index >= 15 is 0 Å². The Morgan fingerprint density at radius 2 is 1.70 bits per heavy atom. The molecule has 0 atom stereocenters. The van der Waals surface area contributed by atoms with Crippen molar-refractivity contribution in [1.82, 2.24) is 5.43 Å². The van der Waals surface area contributed by atoms with Gasteiger partial charge in [-0.2, -0.15) is 5.10 Å². The number of amides is 2. The van der Waals surface area contributed by atoms with Crippen molar-refractivity contribution in [2.75, 3.05) is 5.32 Å². The van der Waals surface area contributed by atoms with Gasteiger partial charge in [-0.15, -0.1) is 0 Å². The Bertz CT molecular complexity index is 1030.